The van der Waals surface area contributed by atoms with Crippen LogP contribution in [0.3, 0.4) is 0 Å². The van der Waals surface area contributed by atoms with Gasteiger partial charge in [-0.2, -0.15) is 0 Å². The highest BCUT2D eigenvalue weighted by Gasteiger charge is 2.21. The van der Waals surface area contributed by atoms with Crippen LogP contribution in [0.25, 0.3) is 10.9 Å². The summed E-state index contributed by atoms with van der Waals surface area (Å²) in [6.45, 7) is 3.13. The molecule has 1 aliphatic heterocycles. The van der Waals surface area contributed by atoms with E-state index in [2.05, 4.69) is 20.2 Å². The van der Waals surface area contributed by atoms with Crippen LogP contribution in [0, 0.1) is 5.82 Å². The van der Waals surface area contributed by atoms with E-state index in [4.69, 9.17) is 0 Å². The first-order valence-electron chi connectivity index (χ1n) is 9.56. The normalized spacial score (nSPS) is 14.9. The lowest BCUT2D eigenvalue weighted by Gasteiger charge is -2.34. The predicted octanol–water partition coefficient (Wildman–Crippen LogP) is 2.09. The topological polar surface area (TPSA) is 81.3 Å². The largest absolute Gasteiger partial charge is 0.334 e. The van der Waals surface area contributed by atoms with Crippen molar-refractivity contribution in [3.05, 3.63) is 76.1 Å². The molecule has 0 aliphatic carbocycles. The molecule has 0 spiro atoms. The van der Waals surface area contributed by atoms with Crippen LogP contribution >= 0.6 is 0 Å². The van der Waals surface area contributed by atoms with E-state index in [0.29, 0.717) is 55.0 Å². The Morgan fingerprint density at radius 2 is 1.79 bits per heavy atom. The number of carbonyl (C=O) groups is 1. The maximum Gasteiger partial charge on any atom is 0.317 e. The molecule has 0 atom stereocenters. The molecule has 0 saturated carbocycles. The predicted molar refractivity (Wildman–Crippen MR) is 108 cm³/mol. The minimum absolute atomic E-state index is 0.142. The average Bonchev–Trinajstić information content (AvgIpc) is 2.73. The number of hydrogen-bond acceptors (Lipinski definition) is 4. The quantitative estimate of drug-likeness (QED) is 0.709. The number of hydrogen-bond donors (Lipinski definition) is 2. The zero-order chi connectivity index (χ0) is 20.2. The number of para-hydroxylation sites is 1. The Bertz CT molecular complexity index is 1080. The molecule has 1 fully saturated rings. The van der Waals surface area contributed by atoms with Gasteiger partial charge in [0.05, 0.1) is 17.4 Å². The number of H-pyrrole nitrogens is 1. The van der Waals surface area contributed by atoms with Gasteiger partial charge in [-0.25, -0.2) is 14.2 Å². The monoisotopic (exact) mass is 395 g/mol. The lowest BCUT2D eigenvalue weighted by Crippen LogP contribution is -2.51. The smallest absolute Gasteiger partial charge is 0.317 e. The number of benzene rings is 2. The number of fused-ring (bicyclic) bond motifs is 1. The van der Waals surface area contributed by atoms with E-state index in [1.165, 1.54) is 6.07 Å². The molecule has 1 aliphatic rings. The van der Waals surface area contributed by atoms with E-state index < -0.39 is 0 Å². The van der Waals surface area contributed by atoms with E-state index >= 15 is 0 Å². The van der Waals surface area contributed by atoms with Gasteiger partial charge in [-0.15, -0.1) is 0 Å². The first-order chi connectivity index (χ1) is 14.1. The highest BCUT2D eigenvalue weighted by atomic mass is 19.1. The standard InChI is InChI=1S/C21H22FN5O2/c22-17-7-3-1-5-15(17)13-23-21(29)27-11-9-26(10-12-27)14-19-24-18-8-4-2-6-16(18)20(28)25-19/h1-8H,9-14H2,(H,23,29)(H,24,25,28). The minimum atomic E-state index is -0.325. The lowest BCUT2D eigenvalue weighted by molar-refractivity contribution is 0.133. The number of piperazine rings is 1. The molecule has 0 radical (unpaired) electrons. The lowest BCUT2D eigenvalue weighted by atomic mass is 10.2. The summed E-state index contributed by atoms with van der Waals surface area (Å²) in [6.07, 6.45) is 0. The maximum absolute atomic E-state index is 13.7. The molecular weight excluding hydrogens is 373 g/mol. The molecule has 4 rings (SSSR count). The number of nitrogens with zero attached hydrogens (tertiary/aromatic N) is 3. The molecule has 2 heterocycles. The molecule has 1 saturated heterocycles. The fourth-order valence-electron chi connectivity index (χ4n) is 3.46. The number of amides is 2. The molecule has 0 bridgehead atoms. The number of carbonyl (C=O) groups excluding carboxylic acids is 1. The summed E-state index contributed by atoms with van der Waals surface area (Å²) < 4.78 is 13.7. The summed E-state index contributed by atoms with van der Waals surface area (Å²) in [6, 6.07) is 13.5. The number of aromatic nitrogens is 2. The van der Waals surface area contributed by atoms with Crippen molar-refractivity contribution in [2.75, 3.05) is 26.2 Å². The molecule has 0 unspecified atom stereocenters. The van der Waals surface area contributed by atoms with Crippen molar-refractivity contribution in [1.82, 2.24) is 25.1 Å². The Balaban J connectivity index is 1.31. The summed E-state index contributed by atoms with van der Waals surface area (Å²) in [5, 5.41) is 3.35. The summed E-state index contributed by atoms with van der Waals surface area (Å²) in [4.78, 5) is 35.8. The van der Waals surface area contributed by atoms with E-state index in [0.717, 1.165) is 0 Å². The van der Waals surface area contributed by atoms with Crippen molar-refractivity contribution in [1.29, 1.82) is 0 Å². The number of urea groups is 1. The van der Waals surface area contributed by atoms with Gasteiger partial charge in [-0.1, -0.05) is 30.3 Å². The van der Waals surface area contributed by atoms with E-state index in [-0.39, 0.29) is 24.0 Å². The summed E-state index contributed by atoms with van der Waals surface area (Å²) in [5.74, 6) is 0.292. The summed E-state index contributed by atoms with van der Waals surface area (Å²) in [5.41, 5.74) is 1.000. The first kappa shape index (κ1) is 19.1. The molecule has 2 aromatic carbocycles. The molecule has 150 valence electrons. The fraction of sp³-hybridized carbons (Fsp3) is 0.286. The van der Waals surface area contributed by atoms with Crippen LogP contribution in [-0.4, -0.2) is 52.0 Å². The molecule has 8 heteroatoms. The van der Waals surface area contributed by atoms with Gasteiger partial charge in [-0.05, 0) is 18.2 Å². The Morgan fingerprint density at radius 3 is 2.59 bits per heavy atom. The molecule has 2 N–H and O–H groups in total. The van der Waals surface area contributed by atoms with Crippen LogP contribution in [0.15, 0.2) is 53.3 Å². The van der Waals surface area contributed by atoms with Crippen molar-refractivity contribution < 1.29 is 9.18 Å². The SMILES string of the molecule is O=C(NCc1ccccc1F)N1CCN(Cc2nc3ccccc3c(=O)[nH]2)CC1. The van der Waals surface area contributed by atoms with Crippen LogP contribution in [0.4, 0.5) is 9.18 Å². The molecule has 3 aromatic rings. The summed E-state index contributed by atoms with van der Waals surface area (Å²) >= 11 is 0. The molecule has 2 amide bonds. The zero-order valence-electron chi connectivity index (χ0n) is 15.9. The highest BCUT2D eigenvalue weighted by molar-refractivity contribution is 5.77. The Morgan fingerprint density at radius 1 is 1.07 bits per heavy atom. The van der Waals surface area contributed by atoms with Crippen molar-refractivity contribution in [3.8, 4) is 0 Å². The van der Waals surface area contributed by atoms with Crippen molar-refractivity contribution in [2.45, 2.75) is 13.1 Å². The molecule has 29 heavy (non-hydrogen) atoms. The number of halogens is 1. The van der Waals surface area contributed by atoms with E-state index in [1.807, 2.05) is 18.2 Å². The second kappa shape index (κ2) is 8.40. The Hall–Kier alpha value is -3.26. The minimum Gasteiger partial charge on any atom is -0.334 e. The third-order valence-electron chi connectivity index (χ3n) is 5.08. The maximum atomic E-state index is 13.7. The van der Waals surface area contributed by atoms with Gasteiger partial charge in [0.15, 0.2) is 0 Å². The Labute approximate surface area is 167 Å². The Kier molecular flexibility index (Phi) is 5.53. The second-order valence-corrected chi connectivity index (χ2v) is 7.04. The third-order valence-corrected chi connectivity index (χ3v) is 5.08. The van der Waals surface area contributed by atoms with Crippen LogP contribution in [0.2, 0.25) is 0 Å². The average molecular weight is 395 g/mol. The van der Waals surface area contributed by atoms with Crippen LogP contribution in [-0.2, 0) is 13.1 Å². The van der Waals surface area contributed by atoms with Gasteiger partial charge in [0.2, 0.25) is 0 Å². The first-order valence-corrected chi connectivity index (χ1v) is 9.56. The third kappa shape index (κ3) is 4.43. The van der Waals surface area contributed by atoms with Gasteiger partial charge < -0.3 is 15.2 Å². The summed E-state index contributed by atoms with van der Waals surface area (Å²) in [7, 11) is 0. The number of rotatable bonds is 4. The van der Waals surface area contributed by atoms with Gasteiger partial charge >= 0.3 is 6.03 Å². The second-order valence-electron chi connectivity index (χ2n) is 7.04. The van der Waals surface area contributed by atoms with Gasteiger partial charge in [-0.3, -0.25) is 9.69 Å². The molecule has 7 nitrogen and oxygen atoms in total. The van der Waals surface area contributed by atoms with Gasteiger partial charge in [0.25, 0.3) is 5.56 Å². The zero-order valence-corrected chi connectivity index (χ0v) is 15.9. The van der Waals surface area contributed by atoms with Crippen LogP contribution in [0.5, 0.6) is 0 Å². The van der Waals surface area contributed by atoms with E-state index in [1.54, 1.807) is 29.2 Å². The molecule has 1 aromatic heterocycles. The number of aromatic amines is 1. The fourth-order valence-corrected chi connectivity index (χ4v) is 3.46. The molecular formula is C21H22FN5O2. The van der Waals surface area contributed by atoms with E-state index in [9.17, 15) is 14.0 Å². The number of nitrogens with one attached hydrogen (secondary N) is 2. The van der Waals surface area contributed by atoms with Gasteiger partial charge in [0, 0.05) is 38.3 Å². The highest BCUT2D eigenvalue weighted by Crippen LogP contribution is 2.10. The van der Waals surface area contributed by atoms with Crippen molar-refractivity contribution in [2.24, 2.45) is 0 Å². The van der Waals surface area contributed by atoms with Crippen LogP contribution in [0.1, 0.15) is 11.4 Å². The van der Waals surface area contributed by atoms with Crippen molar-refractivity contribution in [3.63, 3.8) is 0 Å². The van der Waals surface area contributed by atoms with Gasteiger partial charge in [0.1, 0.15) is 11.6 Å². The van der Waals surface area contributed by atoms with Crippen LogP contribution < -0.4 is 10.9 Å². The van der Waals surface area contributed by atoms with Crippen molar-refractivity contribution >= 4 is 16.9 Å².